The largest absolute Gasteiger partial charge is 0.465 e. The fourth-order valence-corrected chi connectivity index (χ4v) is 6.47. The molecule has 1 aromatic carbocycles. The first-order chi connectivity index (χ1) is 15.9. The lowest BCUT2D eigenvalue weighted by molar-refractivity contribution is -0.117. The molecule has 1 aliphatic heterocycles. The van der Waals surface area contributed by atoms with Crippen LogP contribution in [0.5, 0.6) is 0 Å². The van der Waals surface area contributed by atoms with Crippen molar-refractivity contribution in [1.82, 2.24) is 9.80 Å². The number of esters is 1. The molecule has 1 unspecified atom stereocenters. The molecule has 4 rings (SSSR count). The molecule has 0 spiro atoms. The maximum atomic E-state index is 12.8. The third-order valence-corrected chi connectivity index (χ3v) is 8.31. The Morgan fingerprint density at radius 2 is 1.82 bits per heavy atom. The zero-order valence-electron chi connectivity index (χ0n) is 19.0. The molecule has 1 aromatic heterocycles. The van der Waals surface area contributed by atoms with Gasteiger partial charge in [0.05, 0.1) is 19.2 Å². The van der Waals surface area contributed by atoms with Crippen LogP contribution in [0.4, 0.5) is 5.00 Å². The lowest BCUT2D eigenvalue weighted by Crippen LogP contribution is -2.48. The van der Waals surface area contributed by atoms with Crippen molar-refractivity contribution < 1.29 is 14.3 Å². The van der Waals surface area contributed by atoms with E-state index in [1.54, 1.807) is 0 Å². The van der Waals surface area contributed by atoms with E-state index < -0.39 is 0 Å². The minimum Gasteiger partial charge on any atom is -0.465 e. The predicted molar refractivity (Wildman–Crippen MR) is 134 cm³/mol. The zero-order chi connectivity index (χ0) is 23.5. The molecule has 2 heterocycles. The lowest BCUT2D eigenvalue weighted by Gasteiger charge is -2.34. The molecule has 1 atom stereocenters. The van der Waals surface area contributed by atoms with Crippen molar-refractivity contribution in [3.05, 3.63) is 49.8 Å². The van der Waals surface area contributed by atoms with Crippen LogP contribution in [0.1, 0.15) is 39.7 Å². The van der Waals surface area contributed by atoms with Crippen LogP contribution in [0.25, 0.3) is 0 Å². The number of amides is 1. The Hall–Kier alpha value is -1.64. The van der Waals surface area contributed by atoms with Gasteiger partial charge in [0.1, 0.15) is 5.00 Å². The van der Waals surface area contributed by atoms with Crippen LogP contribution in [0.3, 0.4) is 0 Å². The van der Waals surface area contributed by atoms with Gasteiger partial charge >= 0.3 is 5.97 Å². The van der Waals surface area contributed by atoms with Crippen molar-refractivity contribution in [2.75, 3.05) is 45.2 Å². The molecule has 178 valence electrons. The van der Waals surface area contributed by atoms with Gasteiger partial charge in [-0.05, 0) is 42.9 Å². The number of nitrogens with one attached hydrogen (secondary N) is 1. The van der Waals surface area contributed by atoms with E-state index in [1.807, 2.05) is 18.2 Å². The molecule has 33 heavy (non-hydrogen) atoms. The van der Waals surface area contributed by atoms with Crippen molar-refractivity contribution in [3.8, 4) is 0 Å². The SMILES string of the molecule is COC(=O)c1c(NC(=O)CN2CCN(Cc3c(Cl)cccc3Cl)CC2)sc2c1CCC(C)C2. The highest BCUT2D eigenvalue weighted by atomic mass is 35.5. The number of thiophene rings is 1. The van der Waals surface area contributed by atoms with Crippen LogP contribution in [0, 0.1) is 5.92 Å². The Balaban J connectivity index is 1.34. The molecule has 1 saturated heterocycles. The molecular formula is C24H29Cl2N3O3S. The highest BCUT2D eigenvalue weighted by Gasteiger charge is 2.29. The number of carbonyl (C=O) groups is 2. The molecule has 2 aliphatic rings. The second-order valence-corrected chi connectivity index (χ2v) is 10.8. The number of nitrogens with zero attached hydrogens (tertiary/aromatic N) is 2. The second-order valence-electron chi connectivity index (χ2n) is 8.85. The van der Waals surface area contributed by atoms with E-state index in [-0.39, 0.29) is 11.9 Å². The summed E-state index contributed by atoms with van der Waals surface area (Å²) in [5.41, 5.74) is 2.53. The van der Waals surface area contributed by atoms with E-state index in [2.05, 4.69) is 22.0 Å². The quantitative estimate of drug-likeness (QED) is 0.570. The number of hydrogen-bond donors (Lipinski definition) is 1. The summed E-state index contributed by atoms with van der Waals surface area (Å²) in [6, 6.07) is 5.56. The summed E-state index contributed by atoms with van der Waals surface area (Å²) in [4.78, 5) is 30.9. The standard InChI is InChI=1S/C24H29Cl2N3O3S/c1-15-6-7-16-20(12-15)33-23(22(16)24(31)32-2)27-21(30)14-29-10-8-28(9-11-29)13-17-18(25)4-3-5-19(17)26/h3-5,15H,6-14H2,1-2H3,(H,27,30). The van der Waals surface area contributed by atoms with Crippen molar-refractivity contribution in [3.63, 3.8) is 0 Å². The number of benzene rings is 1. The van der Waals surface area contributed by atoms with Gasteiger partial charge in [0.25, 0.3) is 0 Å². The van der Waals surface area contributed by atoms with Gasteiger partial charge in [-0.15, -0.1) is 11.3 Å². The maximum Gasteiger partial charge on any atom is 0.341 e. The molecule has 9 heteroatoms. The number of methoxy groups -OCH3 is 1. The van der Waals surface area contributed by atoms with E-state index in [4.69, 9.17) is 27.9 Å². The number of fused-ring (bicyclic) bond motifs is 1. The minimum absolute atomic E-state index is 0.102. The molecule has 1 fully saturated rings. The normalized spacial score (nSPS) is 19.2. The molecular weight excluding hydrogens is 481 g/mol. The first-order valence-corrected chi connectivity index (χ1v) is 12.8. The third kappa shape index (κ3) is 5.72. The van der Waals surface area contributed by atoms with Gasteiger partial charge in [0, 0.05) is 53.2 Å². The third-order valence-electron chi connectivity index (χ3n) is 6.43. The maximum absolute atomic E-state index is 12.8. The number of ether oxygens (including phenoxy) is 1. The highest BCUT2D eigenvalue weighted by Crippen LogP contribution is 2.40. The summed E-state index contributed by atoms with van der Waals surface area (Å²) in [7, 11) is 1.39. The van der Waals surface area contributed by atoms with Gasteiger partial charge in [0.2, 0.25) is 5.91 Å². The van der Waals surface area contributed by atoms with Gasteiger partial charge in [-0.1, -0.05) is 36.2 Å². The average Bonchev–Trinajstić information content (AvgIpc) is 3.13. The number of piperazine rings is 1. The van der Waals surface area contributed by atoms with Crippen molar-refractivity contribution >= 4 is 51.4 Å². The van der Waals surface area contributed by atoms with Crippen LogP contribution in [0.2, 0.25) is 10.0 Å². The van der Waals surface area contributed by atoms with Crippen LogP contribution in [-0.2, 0) is 28.9 Å². The van der Waals surface area contributed by atoms with Gasteiger partial charge in [-0.3, -0.25) is 14.6 Å². The Kier molecular flexibility index (Phi) is 7.97. The summed E-state index contributed by atoms with van der Waals surface area (Å²) in [5, 5.41) is 4.98. The number of carbonyl (C=O) groups excluding carboxylic acids is 2. The Morgan fingerprint density at radius 1 is 1.15 bits per heavy atom. The van der Waals surface area contributed by atoms with E-state index in [9.17, 15) is 9.59 Å². The summed E-state index contributed by atoms with van der Waals surface area (Å²) in [6.45, 7) is 6.41. The van der Waals surface area contributed by atoms with Crippen molar-refractivity contribution in [2.45, 2.75) is 32.7 Å². The molecule has 0 radical (unpaired) electrons. The van der Waals surface area contributed by atoms with Gasteiger partial charge in [-0.25, -0.2) is 4.79 Å². The predicted octanol–water partition coefficient (Wildman–Crippen LogP) is 4.72. The van der Waals surface area contributed by atoms with Gasteiger partial charge < -0.3 is 10.1 Å². The number of hydrogen-bond acceptors (Lipinski definition) is 6. The fourth-order valence-electron chi connectivity index (χ4n) is 4.54. The molecule has 0 saturated carbocycles. The lowest BCUT2D eigenvalue weighted by atomic mass is 9.88. The Bertz CT molecular complexity index is 1010. The Morgan fingerprint density at radius 3 is 2.48 bits per heavy atom. The summed E-state index contributed by atoms with van der Waals surface area (Å²) in [5.74, 6) is 0.112. The summed E-state index contributed by atoms with van der Waals surface area (Å²) >= 11 is 14.1. The van der Waals surface area contributed by atoms with E-state index in [1.165, 1.54) is 23.3 Å². The molecule has 2 aromatic rings. The summed E-state index contributed by atoms with van der Waals surface area (Å²) in [6.07, 6.45) is 2.84. The molecule has 1 aliphatic carbocycles. The zero-order valence-corrected chi connectivity index (χ0v) is 21.3. The average molecular weight is 510 g/mol. The monoisotopic (exact) mass is 509 g/mol. The number of rotatable bonds is 6. The fraction of sp³-hybridized carbons (Fsp3) is 0.500. The van der Waals surface area contributed by atoms with Gasteiger partial charge in [-0.2, -0.15) is 0 Å². The van der Waals surface area contributed by atoms with Gasteiger partial charge in [0.15, 0.2) is 0 Å². The van der Waals surface area contributed by atoms with E-state index in [0.29, 0.717) is 39.6 Å². The molecule has 1 N–H and O–H groups in total. The smallest absolute Gasteiger partial charge is 0.341 e. The first kappa shape index (κ1) is 24.5. The first-order valence-electron chi connectivity index (χ1n) is 11.3. The van der Waals surface area contributed by atoms with E-state index >= 15 is 0 Å². The van der Waals surface area contributed by atoms with Crippen LogP contribution in [-0.4, -0.2) is 61.5 Å². The van der Waals surface area contributed by atoms with Crippen molar-refractivity contribution in [1.29, 1.82) is 0 Å². The van der Waals surface area contributed by atoms with Crippen molar-refractivity contribution in [2.24, 2.45) is 5.92 Å². The van der Waals surface area contributed by atoms with Crippen LogP contribution in [0.15, 0.2) is 18.2 Å². The van der Waals surface area contributed by atoms with Crippen LogP contribution < -0.4 is 5.32 Å². The molecule has 1 amide bonds. The second kappa shape index (κ2) is 10.7. The molecule has 6 nitrogen and oxygen atoms in total. The van der Waals surface area contributed by atoms with Crippen LogP contribution >= 0.6 is 34.5 Å². The summed E-state index contributed by atoms with van der Waals surface area (Å²) < 4.78 is 5.02. The number of anilines is 1. The molecule has 0 bridgehead atoms. The number of halogens is 2. The topological polar surface area (TPSA) is 61.9 Å². The highest BCUT2D eigenvalue weighted by molar-refractivity contribution is 7.17. The Labute approximate surface area is 208 Å². The van der Waals surface area contributed by atoms with E-state index in [0.717, 1.165) is 56.6 Å². The minimum atomic E-state index is -0.371.